The van der Waals surface area contributed by atoms with E-state index in [4.69, 9.17) is 5.73 Å². The summed E-state index contributed by atoms with van der Waals surface area (Å²) in [5.74, 6) is -0.281. The first-order valence-corrected chi connectivity index (χ1v) is 7.30. The molecule has 0 spiro atoms. The van der Waals surface area contributed by atoms with Gasteiger partial charge in [-0.15, -0.1) is 12.4 Å². The average Bonchev–Trinajstić information content (AvgIpc) is 2.41. The van der Waals surface area contributed by atoms with Gasteiger partial charge in [-0.1, -0.05) is 32.0 Å². The van der Waals surface area contributed by atoms with Crippen molar-refractivity contribution in [2.75, 3.05) is 13.1 Å². The standard InChI is InChI=1S/C16H21F3N2O.ClH/c1-15(2)10-21(8-7-13(15)20)14(22)9-11-5-3-4-6-12(11)16(17,18)19;/h3-6,13H,7-10,20H2,1-2H3;1H. The summed E-state index contributed by atoms with van der Waals surface area (Å²) >= 11 is 0. The highest BCUT2D eigenvalue weighted by molar-refractivity contribution is 5.85. The fourth-order valence-electron chi connectivity index (χ4n) is 2.81. The molecule has 1 aromatic carbocycles. The Morgan fingerprint density at radius 1 is 1.35 bits per heavy atom. The van der Waals surface area contributed by atoms with E-state index in [1.165, 1.54) is 18.2 Å². The molecule has 1 aromatic rings. The van der Waals surface area contributed by atoms with E-state index in [9.17, 15) is 18.0 Å². The number of piperidine rings is 1. The summed E-state index contributed by atoms with van der Waals surface area (Å²) in [5.41, 5.74) is 5.08. The maximum atomic E-state index is 13.0. The van der Waals surface area contributed by atoms with Gasteiger partial charge in [0, 0.05) is 19.1 Å². The third-order valence-electron chi connectivity index (χ3n) is 4.33. The summed E-state index contributed by atoms with van der Waals surface area (Å²) in [5, 5.41) is 0. The predicted molar refractivity (Wildman–Crippen MR) is 85.3 cm³/mol. The molecule has 1 atom stereocenters. The maximum Gasteiger partial charge on any atom is 0.416 e. The van der Waals surface area contributed by atoms with Crippen molar-refractivity contribution in [1.82, 2.24) is 4.90 Å². The van der Waals surface area contributed by atoms with Crippen LogP contribution in [0.2, 0.25) is 0 Å². The SMILES string of the molecule is CC1(C)CN(C(=O)Cc2ccccc2C(F)(F)F)CCC1N.Cl. The highest BCUT2D eigenvalue weighted by atomic mass is 35.5. The van der Waals surface area contributed by atoms with E-state index in [-0.39, 0.29) is 41.8 Å². The van der Waals surface area contributed by atoms with E-state index in [1.54, 1.807) is 4.90 Å². The van der Waals surface area contributed by atoms with Crippen molar-refractivity contribution in [2.45, 2.75) is 38.9 Å². The second kappa shape index (κ2) is 7.09. The summed E-state index contributed by atoms with van der Waals surface area (Å²) in [4.78, 5) is 14.0. The van der Waals surface area contributed by atoms with Gasteiger partial charge < -0.3 is 10.6 Å². The van der Waals surface area contributed by atoms with E-state index < -0.39 is 11.7 Å². The summed E-state index contributed by atoms with van der Waals surface area (Å²) < 4.78 is 38.9. The number of amides is 1. The van der Waals surface area contributed by atoms with Gasteiger partial charge in [-0.3, -0.25) is 4.79 Å². The number of rotatable bonds is 2. The number of likely N-dealkylation sites (tertiary alicyclic amines) is 1. The Hall–Kier alpha value is -1.27. The quantitative estimate of drug-likeness (QED) is 0.890. The smallest absolute Gasteiger partial charge is 0.342 e. The zero-order valence-electron chi connectivity index (χ0n) is 13.2. The van der Waals surface area contributed by atoms with Gasteiger partial charge in [-0.2, -0.15) is 13.2 Å². The zero-order chi connectivity index (χ0) is 16.5. The Kier molecular flexibility index (Phi) is 6.10. The van der Waals surface area contributed by atoms with Gasteiger partial charge in [0.05, 0.1) is 12.0 Å². The van der Waals surface area contributed by atoms with Crippen LogP contribution >= 0.6 is 12.4 Å². The molecular formula is C16H22ClF3N2O. The molecule has 1 aliphatic heterocycles. The lowest BCUT2D eigenvalue weighted by Crippen LogP contribution is -2.54. The van der Waals surface area contributed by atoms with Crippen molar-refractivity contribution in [3.8, 4) is 0 Å². The predicted octanol–water partition coefficient (Wildman–Crippen LogP) is 3.26. The third kappa shape index (κ3) is 4.61. The number of benzene rings is 1. The minimum absolute atomic E-state index is 0. The molecule has 0 aliphatic carbocycles. The zero-order valence-corrected chi connectivity index (χ0v) is 14.0. The number of carbonyl (C=O) groups is 1. The fraction of sp³-hybridized carbons (Fsp3) is 0.562. The van der Waals surface area contributed by atoms with Gasteiger partial charge in [0.15, 0.2) is 0 Å². The van der Waals surface area contributed by atoms with Crippen LogP contribution in [0.4, 0.5) is 13.2 Å². The number of alkyl halides is 3. The third-order valence-corrected chi connectivity index (χ3v) is 4.33. The number of carbonyl (C=O) groups excluding carboxylic acids is 1. The molecule has 1 amide bonds. The molecule has 0 aromatic heterocycles. The molecule has 7 heteroatoms. The first kappa shape index (κ1) is 19.8. The lowest BCUT2D eigenvalue weighted by atomic mass is 9.79. The van der Waals surface area contributed by atoms with Gasteiger partial charge in [0.25, 0.3) is 0 Å². The molecule has 0 radical (unpaired) electrons. The van der Waals surface area contributed by atoms with Crippen LogP contribution in [0.15, 0.2) is 24.3 Å². The van der Waals surface area contributed by atoms with Gasteiger partial charge in [-0.05, 0) is 23.5 Å². The van der Waals surface area contributed by atoms with Crippen LogP contribution in [-0.4, -0.2) is 29.9 Å². The van der Waals surface area contributed by atoms with Gasteiger partial charge in [0.2, 0.25) is 5.91 Å². The molecule has 1 heterocycles. The normalized spacial score (nSPS) is 20.8. The highest BCUT2D eigenvalue weighted by Gasteiger charge is 2.37. The number of nitrogens with two attached hydrogens (primary N) is 1. The second-order valence-electron chi connectivity index (χ2n) is 6.53. The molecule has 0 bridgehead atoms. The molecule has 1 fully saturated rings. The van der Waals surface area contributed by atoms with Gasteiger partial charge in [-0.25, -0.2) is 0 Å². The molecule has 1 unspecified atom stereocenters. The lowest BCUT2D eigenvalue weighted by Gasteiger charge is -2.42. The fourth-order valence-corrected chi connectivity index (χ4v) is 2.81. The minimum Gasteiger partial charge on any atom is -0.342 e. The lowest BCUT2D eigenvalue weighted by molar-refractivity contribution is -0.139. The Morgan fingerprint density at radius 3 is 2.52 bits per heavy atom. The van der Waals surface area contributed by atoms with E-state index in [2.05, 4.69) is 0 Å². The molecule has 3 nitrogen and oxygen atoms in total. The summed E-state index contributed by atoms with van der Waals surface area (Å²) in [6.07, 6.45) is -4.01. The Morgan fingerprint density at radius 2 is 1.96 bits per heavy atom. The minimum atomic E-state index is -4.44. The van der Waals surface area contributed by atoms with Crippen molar-refractivity contribution in [3.05, 3.63) is 35.4 Å². The summed E-state index contributed by atoms with van der Waals surface area (Å²) in [6, 6.07) is 5.23. The van der Waals surface area contributed by atoms with E-state index in [0.29, 0.717) is 19.5 Å². The van der Waals surface area contributed by atoms with Crippen LogP contribution < -0.4 is 5.73 Å². The Balaban J connectivity index is 0.00000264. The van der Waals surface area contributed by atoms with Crippen molar-refractivity contribution in [1.29, 1.82) is 0 Å². The van der Waals surface area contributed by atoms with E-state index >= 15 is 0 Å². The Labute approximate surface area is 140 Å². The number of hydrogen-bond acceptors (Lipinski definition) is 2. The number of halogens is 4. The topological polar surface area (TPSA) is 46.3 Å². The Bertz CT molecular complexity index is 561. The summed E-state index contributed by atoms with van der Waals surface area (Å²) in [6.45, 7) is 4.92. The average molecular weight is 351 g/mol. The van der Waals surface area contributed by atoms with Crippen LogP contribution in [0, 0.1) is 5.41 Å². The first-order valence-electron chi connectivity index (χ1n) is 7.30. The van der Waals surface area contributed by atoms with Crippen LogP contribution in [0.5, 0.6) is 0 Å². The highest BCUT2D eigenvalue weighted by Crippen LogP contribution is 2.33. The molecule has 2 N–H and O–H groups in total. The maximum absolute atomic E-state index is 13.0. The largest absolute Gasteiger partial charge is 0.416 e. The van der Waals surface area contributed by atoms with Crippen LogP contribution in [0.25, 0.3) is 0 Å². The van der Waals surface area contributed by atoms with Crippen LogP contribution in [0.3, 0.4) is 0 Å². The van der Waals surface area contributed by atoms with Crippen LogP contribution in [-0.2, 0) is 17.4 Å². The van der Waals surface area contributed by atoms with Crippen molar-refractivity contribution in [3.63, 3.8) is 0 Å². The first-order chi connectivity index (χ1) is 10.1. The summed E-state index contributed by atoms with van der Waals surface area (Å²) in [7, 11) is 0. The molecular weight excluding hydrogens is 329 g/mol. The molecule has 130 valence electrons. The molecule has 2 rings (SSSR count). The molecule has 1 aliphatic rings. The molecule has 23 heavy (non-hydrogen) atoms. The second-order valence-corrected chi connectivity index (χ2v) is 6.53. The monoisotopic (exact) mass is 350 g/mol. The van der Waals surface area contributed by atoms with Crippen molar-refractivity contribution in [2.24, 2.45) is 11.1 Å². The van der Waals surface area contributed by atoms with Crippen molar-refractivity contribution < 1.29 is 18.0 Å². The molecule has 0 saturated carbocycles. The van der Waals surface area contributed by atoms with Crippen molar-refractivity contribution >= 4 is 18.3 Å². The number of nitrogens with zero attached hydrogens (tertiary/aromatic N) is 1. The van der Waals surface area contributed by atoms with Gasteiger partial charge >= 0.3 is 6.18 Å². The van der Waals surface area contributed by atoms with Gasteiger partial charge in [0.1, 0.15) is 0 Å². The van der Waals surface area contributed by atoms with E-state index in [1.807, 2.05) is 13.8 Å². The number of hydrogen-bond donors (Lipinski definition) is 1. The van der Waals surface area contributed by atoms with E-state index in [0.717, 1.165) is 6.07 Å². The molecule has 1 saturated heterocycles. The van der Waals surface area contributed by atoms with Crippen LogP contribution in [0.1, 0.15) is 31.4 Å².